The van der Waals surface area contributed by atoms with Gasteiger partial charge in [0.25, 0.3) is 5.91 Å². The van der Waals surface area contributed by atoms with Gasteiger partial charge < -0.3 is 0 Å². The van der Waals surface area contributed by atoms with Crippen LogP contribution >= 0.6 is 0 Å². The molecule has 7 nitrogen and oxygen atoms in total. The SMILES string of the molecule is O=C(NN=C1CCCC[C@H]1c1ccccc1)c1ccc(-n2cnnn2)cc1. The summed E-state index contributed by atoms with van der Waals surface area (Å²) in [5.74, 6) is 0.0607. The van der Waals surface area contributed by atoms with Crippen molar-refractivity contribution in [3.05, 3.63) is 72.1 Å². The van der Waals surface area contributed by atoms with Gasteiger partial charge in [0.05, 0.1) is 5.69 Å². The van der Waals surface area contributed by atoms with Crippen molar-refractivity contribution in [3.63, 3.8) is 0 Å². The first kappa shape index (κ1) is 17.1. The molecule has 1 aliphatic carbocycles. The average molecular weight is 360 g/mol. The number of aromatic nitrogens is 4. The summed E-state index contributed by atoms with van der Waals surface area (Å²) in [6.07, 6.45) is 5.79. The third-order valence-electron chi connectivity index (χ3n) is 4.82. The highest BCUT2D eigenvalue weighted by Gasteiger charge is 2.22. The van der Waals surface area contributed by atoms with Gasteiger partial charge in [-0.15, -0.1) is 5.10 Å². The molecule has 0 unspecified atom stereocenters. The first-order chi connectivity index (χ1) is 13.3. The Morgan fingerprint density at radius 2 is 1.89 bits per heavy atom. The van der Waals surface area contributed by atoms with Crippen LogP contribution in [0.1, 0.15) is 47.5 Å². The zero-order valence-electron chi connectivity index (χ0n) is 14.8. The summed E-state index contributed by atoms with van der Waals surface area (Å²) in [4.78, 5) is 12.5. The first-order valence-electron chi connectivity index (χ1n) is 9.06. The highest BCUT2D eigenvalue weighted by molar-refractivity contribution is 5.97. The quantitative estimate of drug-likeness (QED) is 0.725. The fourth-order valence-corrected chi connectivity index (χ4v) is 3.41. The van der Waals surface area contributed by atoms with Gasteiger partial charge in [-0.3, -0.25) is 4.79 Å². The van der Waals surface area contributed by atoms with Gasteiger partial charge in [0, 0.05) is 17.2 Å². The molecule has 1 aliphatic rings. The highest BCUT2D eigenvalue weighted by atomic mass is 16.2. The van der Waals surface area contributed by atoms with Gasteiger partial charge in [-0.05, 0) is 59.5 Å². The first-order valence-corrected chi connectivity index (χ1v) is 9.06. The molecule has 0 saturated heterocycles. The van der Waals surface area contributed by atoms with Crippen molar-refractivity contribution < 1.29 is 4.79 Å². The van der Waals surface area contributed by atoms with Crippen LogP contribution in [-0.2, 0) is 0 Å². The van der Waals surface area contributed by atoms with E-state index in [1.807, 2.05) is 18.2 Å². The number of hydrazone groups is 1. The molecule has 0 bridgehead atoms. The number of carbonyl (C=O) groups is 1. The minimum absolute atomic E-state index is 0.219. The van der Waals surface area contributed by atoms with Crippen LogP contribution < -0.4 is 5.43 Å². The Morgan fingerprint density at radius 1 is 1.07 bits per heavy atom. The van der Waals surface area contributed by atoms with Gasteiger partial charge in [0.1, 0.15) is 6.33 Å². The number of tetrazole rings is 1. The summed E-state index contributed by atoms with van der Waals surface area (Å²) in [5.41, 5.74) is 6.37. The van der Waals surface area contributed by atoms with Crippen molar-refractivity contribution in [2.45, 2.75) is 31.6 Å². The van der Waals surface area contributed by atoms with Crippen LogP contribution in [0.4, 0.5) is 0 Å². The highest BCUT2D eigenvalue weighted by Crippen LogP contribution is 2.30. The number of nitrogens with one attached hydrogen (secondary N) is 1. The lowest BCUT2D eigenvalue weighted by Gasteiger charge is -2.24. The van der Waals surface area contributed by atoms with Crippen molar-refractivity contribution in [1.29, 1.82) is 0 Å². The number of hydrogen-bond acceptors (Lipinski definition) is 5. The Hall–Kier alpha value is -3.35. The molecule has 1 N–H and O–H groups in total. The molecule has 1 fully saturated rings. The largest absolute Gasteiger partial charge is 0.271 e. The van der Waals surface area contributed by atoms with Crippen LogP contribution in [0, 0.1) is 0 Å². The fraction of sp³-hybridized carbons (Fsp3) is 0.250. The maximum atomic E-state index is 12.5. The molecular formula is C20H20N6O. The Labute approximate surface area is 157 Å². The second-order valence-corrected chi connectivity index (χ2v) is 6.55. The minimum atomic E-state index is -0.219. The standard InChI is InChI=1S/C20H20N6O/c27-20(16-10-12-17(13-11-16)26-14-21-24-25-26)23-22-19-9-5-4-8-18(19)15-6-2-1-3-7-15/h1-3,6-7,10-14,18H,4-5,8-9H2,(H,23,27)/t18-/m0/s1. The molecule has 3 aromatic rings. The molecule has 1 aromatic heterocycles. The van der Waals surface area contributed by atoms with Crippen molar-refractivity contribution in [2.75, 3.05) is 0 Å². The number of carbonyl (C=O) groups excluding carboxylic acids is 1. The molecule has 1 amide bonds. The van der Waals surface area contributed by atoms with E-state index in [2.05, 4.69) is 38.2 Å². The third kappa shape index (κ3) is 3.92. The fourth-order valence-electron chi connectivity index (χ4n) is 3.41. The van der Waals surface area contributed by atoms with Crippen LogP contribution in [0.2, 0.25) is 0 Å². The van der Waals surface area contributed by atoms with Crippen molar-refractivity contribution in [2.24, 2.45) is 5.10 Å². The summed E-state index contributed by atoms with van der Waals surface area (Å²) in [6.45, 7) is 0. The zero-order chi connectivity index (χ0) is 18.5. The number of nitrogens with zero attached hydrogens (tertiary/aromatic N) is 5. The molecule has 7 heteroatoms. The number of rotatable bonds is 4. The van der Waals surface area contributed by atoms with Crippen molar-refractivity contribution >= 4 is 11.6 Å². The predicted molar refractivity (Wildman–Crippen MR) is 102 cm³/mol. The topological polar surface area (TPSA) is 85.1 Å². The van der Waals surface area contributed by atoms with Gasteiger partial charge in [0.15, 0.2) is 0 Å². The van der Waals surface area contributed by atoms with E-state index in [9.17, 15) is 4.79 Å². The second-order valence-electron chi connectivity index (χ2n) is 6.55. The summed E-state index contributed by atoms with van der Waals surface area (Å²) >= 11 is 0. The van der Waals surface area contributed by atoms with E-state index in [0.29, 0.717) is 5.56 Å². The molecule has 0 radical (unpaired) electrons. The van der Waals surface area contributed by atoms with Crippen LogP contribution in [0.25, 0.3) is 5.69 Å². The predicted octanol–water partition coefficient (Wildman–Crippen LogP) is 3.11. The number of amides is 1. The summed E-state index contributed by atoms with van der Waals surface area (Å²) < 4.78 is 1.54. The van der Waals surface area contributed by atoms with Gasteiger partial charge in [-0.2, -0.15) is 5.10 Å². The van der Waals surface area contributed by atoms with E-state index in [0.717, 1.165) is 30.7 Å². The summed E-state index contributed by atoms with van der Waals surface area (Å²) in [7, 11) is 0. The van der Waals surface area contributed by atoms with E-state index in [4.69, 9.17) is 0 Å². The molecule has 27 heavy (non-hydrogen) atoms. The van der Waals surface area contributed by atoms with E-state index in [1.165, 1.54) is 23.0 Å². The smallest absolute Gasteiger partial charge is 0.267 e. The monoisotopic (exact) mass is 360 g/mol. The molecule has 1 heterocycles. The van der Waals surface area contributed by atoms with E-state index >= 15 is 0 Å². The van der Waals surface area contributed by atoms with Gasteiger partial charge in [-0.1, -0.05) is 36.8 Å². The van der Waals surface area contributed by atoms with E-state index < -0.39 is 0 Å². The van der Waals surface area contributed by atoms with Crippen LogP contribution in [-0.4, -0.2) is 31.8 Å². The van der Waals surface area contributed by atoms with E-state index in [-0.39, 0.29) is 11.8 Å². The van der Waals surface area contributed by atoms with Gasteiger partial charge in [-0.25, -0.2) is 10.1 Å². The lowest BCUT2D eigenvalue weighted by Crippen LogP contribution is -2.24. The number of hydrogen-bond donors (Lipinski definition) is 1. The maximum absolute atomic E-state index is 12.5. The molecule has 2 aromatic carbocycles. The Kier molecular flexibility index (Phi) is 5.00. The third-order valence-corrected chi connectivity index (χ3v) is 4.82. The van der Waals surface area contributed by atoms with E-state index in [1.54, 1.807) is 24.3 Å². The molecule has 1 atom stereocenters. The molecular weight excluding hydrogens is 340 g/mol. The summed E-state index contributed by atoms with van der Waals surface area (Å²) in [6, 6.07) is 17.4. The van der Waals surface area contributed by atoms with Gasteiger partial charge >= 0.3 is 0 Å². The second kappa shape index (κ2) is 7.90. The van der Waals surface area contributed by atoms with Crippen LogP contribution in [0.3, 0.4) is 0 Å². The number of benzene rings is 2. The van der Waals surface area contributed by atoms with Crippen molar-refractivity contribution in [1.82, 2.24) is 25.6 Å². The van der Waals surface area contributed by atoms with Crippen molar-refractivity contribution in [3.8, 4) is 5.69 Å². The Morgan fingerprint density at radius 3 is 2.63 bits per heavy atom. The molecule has 0 aliphatic heterocycles. The van der Waals surface area contributed by atoms with Gasteiger partial charge in [0.2, 0.25) is 0 Å². The molecule has 4 rings (SSSR count). The lowest BCUT2D eigenvalue weighted by molar-refractivity contribution is 0.0954. The molecule has 1 saturated carbocycles. The molecule has 0 spiro atoms. The summed E-state index contributed by atoms with van der Waals surface area (Å²) in [5, 5.41) is 15.5. The van der Waals surface area contributed by atoms with Crippen LogP contribution in [0.15, 0.2) is 66.0 Å². The maximum Gasteiger partial charge on any atom is 0.271 e. The molecule has 136 valence electrons. The Bertz CT molecular complexity index is 919. The Balaban J connectivity index is 1.47. The minimum Gasteiger partial charge on any atom is -0.267 e. The zero-order valence-corrected chi connectivity index (χ0v) is 14.8. The average Bonchev–Trinajstić information content (AvgIpc) is 3.28. The normalized spacial score (nSPS) is 18.4. The van der Waals surface area contributed by atoms with Crippen LogP contribution in [0.5, 0.6) is 0 Å². The lowest BCUT2D eigenvalue weighted by atomic mass is 9.82.